The van der Waals surface area contributed by atoms with Crippen LogP contribution < -0.4 is 0 Å². The lowest BCUT2D eigenvalue weighted by molar-refractivity contribution is -0.148. The number of esters is 1. The van der Waals surface area contributed by atoms with E-state index >= 15 is 0 Å². The maximum Gasteiger partial charge on any atom is 0.318 e. The van der Waals surface area contributed by atoms with Crippen LogP contribution in [0.15, 0.2) is 0 Å². The molecule has 0 aliphatic carbocycles. The molecule has 1 aliphatic heterocycles. The van der Waals surface area contributed by atoms with Gasteiger partial charge in [-0.25, -0.2) is 0 Å². The van der Waals surface area contributed by atoms with Crippen LogP contribution in [0.1, 0.15) is 6.42 Å². The Balaban J connectivity index is 2.84. The van der Waals surface area contributed by atoms with E-state index in [4.69, 9.17) is 39.9 Å². The van der Waals surface area contributed by atoms with Crippen molar-refractivity contribution in [3.8, 4) is 0 Å². The minimum Gasteiger partial charge on any atom is -0.481 e. The molecule has 0 amide bonds. The molecule has 15 heavy (non-hydrogen) atoms. The van der Waals surface area contributed by atoms with Gasteiger partial charge in [0.15, 0.2) is 5.78 Å². The topological polar surface area (TPSA) is 80.7 Å². The van der Waals surface area contributed by atoms with E-state index in [0.29, 0.717) is 0 Å². The Morgan fingerprint density at radius 1 is 1.40 bits per heavy atom. The Bertz CT molecular complexity index is 321. The van der Waals surface area contributed by atoms with Gasteiger partial charge in [0.25, 0.3) is 0 Å². The SMILES string of the molecule is O=C(O)C[C@H]1C(=O)O[C@@H](C(Cl)(Cl)Cl)C1=O. The summed E-state index contributed by atoms with van der Waals surface area (Å²) >= 11 is 16.2. The predicted molar refractivity (Wildman–Crippen MR) is 50.9 cm³/mol. The molecule has 0 saturated carbocycles. The van der Waals surface area contributed by atoms with Crippen LogP contribution in [0.2, 0.25) is 0 Å². The zero-order valence-electron chi connectivity index (χ0n) is 7.08. The molecule has 2 atom stereocenters. The van der Waals surface area contributed by atoms with Crippen LogP contribution in [-0.4, -0.2) is 32.7 Å². The second-order valence-electron chi connectivity index (χ2n) is 2.91. The zero-order chi connectivity index (χ0) is 11.8. The molecule has 1 aliphatic rings. The first-order valence-electron chi connectivity index (χ1n) is 3.76. The van der Waals surface area contributed by atoms with Crippen molar-refractivity contribution in [1.82, 2.24) is 0 Å². The summed E-state index contributed by atoms with van der Waals surface area (Å²) in [7, 11) is 0. The first-order chi connectivity index (χ1) is 6.73. The summed E-state index contributed by atoms with van der Waals surface area (Å²) in [6, 6.07) is 0. The third-order valence-corrected chi connectivity index (χ3v) is 2.39. The van der Waals surface area contributed by atoms with E-state index in [2.05, 4.69) is 4.74 Å². The van der Waals surface area contributed by atoms with Crippen molar-refractivity contribution < 1.29 is 24.2 Å². The Hall–Kier alpha value is -0.520. The second kappa shape index (κ2) is 4.15. The Morgan fingerprint density at radius 3 is 2.27 bits per heavy atom. The van der Waals surface area contributed by atoms with Gasteiger partial charge in [0.2, 0.25) is 9.90 Å². The summed E-state index contributed by atoms with van der Waals surface area (Å²) in [5.74, 6) is -4.47. The van der Waals surface area contributed by atoms with Gasteiger partial charge in [-0.3, -0.25) is 14.4 Å². The summed E-state index contributed by atoms with van der Waals surface area (Å²) in [5.41, 5.74) is 0. The number of carbonyl (C=O) groups is 3. The van der Waals surface area contributed by atoms with Crippen LogP contribution in [0.5, 0.6) is 0 Å². The second-order valence-corrected chi connectivity index (χ2v) is 5.28. The smallest absolute Gasteiger partial charge is 0.318 e. The van der Waals surface area contributed by atoms with Gasteiger partial charge in [-0.1, -0.05) is 34.8 Å². The van der Waals surface area contributed by atoms with Crippen LogP contribution >= 0.6 is 34.8 Å². The Labute approximate surface area is 99.2 Å². The number of carboxylic acids is 1. The van der Waals surface area contributed by atoms with Gasteiger partial charge >= 0.3 is 11.9 Å². The van der Waals surface area contributed by atoms with E-state index in [1.165, 1.54) is 0 Å². The highest BCUT2D eigenvalue weighted by Gasteiger charge is 2.53. The summed E-state index contributed by atoms with van der Waals surface area (Å²) in [5, 5.41) is 8.44. The lowest BCUT2D eigenvalue weighted by atomic mass is 10.0. The minimum absolute atomic E-state index is 0.658. The van der Waals surface area contributed by atoms with Gasteiger partial charge < -0.3 is 9.84 Å². The van der Waals surface area contributed by atoms with Crippen molar-refractivity contribution in [2.75, 3.05) is 0 Å². The largest absolute Gasteiger partial charge is 0.481 e. The molecule has 1 rings (SSSR count). The van der Waals surface area contributed by atoms with Crippen molar-refractivity contribution >= 4 is 52.5 Å². The molecule has 84 valence electrons. The number of carbonyl (C=O) groups excluding carboxylic acids is 2. The first kappa shape index (κ1) is 12.5. The number of Topliss-reactive ketones (excluding diaryl/α,β-unsaturated/α-hetero) is 1. The molecule has 1 saturated heterocycles. The van der Waals surface area contributed by atoms with E-state index in [1.807, 2.05) is 0 Å². The zero-order valence-corrected chi connectivity index (χ0v) is 9.34. The van der Waals surface area contributed by atoms with Crippen LogP contribution in [0.3, 0.4) is 0 Å². The van der Waals surface area contributed by atoms with Crippen LogP contribution in [0.25, 0.3) is 0 Å². The summed E-state index contributed by atoms with van der Waals surface area (Å²) in [6.45, 7) is 0. The van der Waals surface area contributed by atoms with E-state index in [1.54, 1.807) is 0 Å². The molecule has 0 aromatic rings. The van der Waals surface area contributed by atoms with Crippen LogP contribution in [0, 0.1) is 5.92 Å². The van der Waals surface area contributed by atoms with Gasteiger partial charge in [0, 0.05) is 0 Å². The van der Waals surface area contributed by atoms with Crippen LogP contribution in [0.4, 0.5) is 0 Å². The number of hydrogen-bond donors (Lipinski definition) is 1. The normalized spacial score (nSPS) is 26.6. The van der Waals surface area contributed by atoms with Crippen molar-refractivity contribution in [3.05, 3.63) is 0 Å². The van der Waals surface area contributed by atoms with E-state index in [9.17, 15) is 14.4 Å². The number of rotatable bonds is 2. The van der Waals surface area contributed by atoms with E-state index < -0.39 is 40.0 Å². The molecule has 8 heteroatoms. The number of halogens is 3. The third kappa shape index (κ3) is 2.74. The third-order valence-electron chi connectivity index (χ3n) is 1.80. The highest BCUT2D eigenvalue weighted by molar-refractivity contribution is 6.69. The number of cyclic esters (lactones) is 1. The molecule has 0 aromatic heterocycles. The monoisotopic (exact) mass is 274 g/mol. The van der Waals surface area contributed by atoms with Crippen molar-refractivity contribution in [3.63, 3.8) is 0 Å². The van der Waals surface area contributed by atoms with E-state index in [0.717, 1.165) is 0 Å². The predicted octanol–water partition coefficient (Wildman–Crippen LogP) is 0.942. The molecule has 0 bridgehead atoms. The molecular formula is C7H5Cl3O5. The number of carboxylic acid groups (broad SMARTS) is 1. The fraction of sp³-hybridized carbons (Fsp3) is 0.571. The average molecular weight is 275 g/mol. The number of ether oxygens (including phenoxy) is 1. The molecule has 0 radical (unpaired) electrons. The maximum absolute atomic E-state index is 11.4. The fourth-order valence-electron chi connectivity index (χ4n) is 1.14. The Kier molecular flexibility index (Phi) is 3.48. The summed E-state index contributed by atoms with van der Waals surface area (Å²) in [4.78, 5) is 32.9. The number of hydrogen-bond acceptors (Lipinski definition) is 4. The van der Waals surface area contributed by atoms with Gasteiger partial charge in [0.05, 0.1) is 6.42 Å². The van der Waals surface area contributed by atoms with Crippen LogP contribution in [-0.2, 0) is 19.1 Å². The van der Waals surface area contributed by atoms with Gasteiger partial charge in [0.1, 0.15) is 5.92 Å². The van der Waals surface area contributed by atoms with Gasteiger partial charge in [-0.15, -0.1) is 0 Å². The molecule has 5 nitrogen and oxygen atoms in total. The highest BCUT2D eigenvalue weighted by atomic mass is 35.6. The standard InChI is InChI=1S/C7H5Cl3O5/c8-7(9,10)5-4(13)2(1-3(11)12)6(14)15-5/h2,5H,1H2,(H,11,12)/t2-,5-/m1/s1. The molecule has 1 fully saturated rings. The average Bonchev–Trinajstić information content (AvgIpc) is 2.30. The molecule has 0 spiro atoms. The van der Waals surface area contributed by atoms with Crippen molar-refractivity contribution in [2.24, 2.45) is 5.92 Å². The number of aliphatic carboxylic acids is 1. The molecular weight excluding hydrogens is 270 g/mol. The fourth-order valence-corrected chi connectivity index (χ4v) is 1.60. The van der Waals surface area contributed by atoms with E-state index in [-0.39, 0.29) is 0 Å². The molecule has 0 aromatic carbocycles. The van der Waals surface area contributed by atoms with Crippen molar-refractivity contribution in [1.29, 1.82) is 0 Å². The lowest BCUT2D eigenvalue weighted by Gasteiger charge is -2.15. The lowest BCUT2D eigenvalue weighted by Crippen LogP contribution is -2.33. The minimum atomic E-state index is -2.07. The molecule has 1 N–H and O–H groups in total. The van der Waals surface area contributed by atoms with Gasteiger partial charge in [-0.2, -0.15) is 0 Å². The Morgan fingerprint density at radius 2 is 1.93 bits per heavy atom. The molecule has 0 unspecified atom stereocenters. The molecule has 1 heterocycles. The quantitative estimate of drug-likeness (QED) is 0.461. The van der Waals surface area contributed by atoms with Gasteiger partial charge in [-0.05, 0) is 0 Å². The maximum atomic E-state index is 11.4. The summed E-state index contributed by atoms with van der Waals surface area (Å²) < 4.78 is 2.43. The summed E-state index contributed by atoms with van der Waals surface area (Å²) in [6.07, 6.45) is -2.19. The number of ketones is 1. The first-order valence-corrected chi connectivity index (χ1v) is 4.89. The van der Waals surface area contributed by atoms with Crippen molar-refractivity contribution in [2.45, 2.75) is 16.3 Å². The number of alkyl halides is 3. The highest BCUT2D eigenvalue weighted by Crippen LogP contribution is 2.38.